The summed E-state index contributed by atoms with van der Waals surface area (Å²) in [6, 6.07) is 0.123. The van der Waals surface area contributed by atoms with E-state index in [-0.39, 0.29) is 23.8 Å². The van der Waals surface area contributed by atoms with Gasteiger partial charge in [0.15, 0.2) is 0 Å². The molecule has 1 amide bonds. The summed E-state index contributed by atoms with van der Waals surface area (Å²) in [4.78, 5) is 25.4. The van der Waals surface area contributed by atoms with Crippen molar-refractivity contribution in [3.05, 3.63) is 0 Å². The highest BCUT2D eigenvalue weighted by atomic mass is 16.2. The van der Waals surface area contributed by atoms with Crippen LogP contribution in [0.5, 0.6) is 0 Å². The van der Waals surface area contributed by atoms with E-state index < -0.39 is 0 Å². The van der Waals surface area contributed by atoms with Gasteiger partial charge in [0.1, 0.15) is 5.78 Å². The Morgan fingerprint density at radius 3 is 2.56 bits per heavy atom. The van der Waals surface area contributed by atoms with E-state index >= 15 is 0 Å². The van der Waals surface area contributed by atoms with Crippen molar-refractivity contribution < 1.29 is 9.59 Å². The molecule has 0 saturated carbocycles. The van der Waals surface area contributed by atoms with Crippen LogP contribution in [0, 0.1) is 5.92 Å². The normalized spacial score (nSPS) is 22.2. The van der Waals surface area contributed by atoms with Crippen LogP contribution in [0.25, 0.3) is 0 Å². The number of nitrogens with zero attached hydrogens (tertiary/aromatic N) is 1. The average Bonchev–Trinajstić information content (AvgIpc) is 2.71. The number of carbonyl (C=O) groups is 2. The van der Waals surface area contributed by atoms with Crippen LogP contribution in [0.2, 0.25) is 0 Å². The molecule has 1 N–H and O–H groups in total. The molecule has 1 saturated heterocycles. The molecule has 1 rings (SSSR count). The lowest BCUT2D eigenvalue weighted by atomic mass is 10.1. The zero-order valence-electron chi connectivity index (χ0n) is 12.0. The second-order valence-corrected chi connectivity index (χ2v) is 5.75. The lowest BCUT2D eigenvalue weighted by Gasteiger charge is -2.29. The van der Waals surface area contributed by atoms with Crippen LogP contribution in [0.4, 0.5) is 0 Å². The van der Waals surface area contributed by atoms with Crippen molar-refractivity contribution in [3.8, 4) is 0 Å². The van der Waals surface area contributed by atoms with Crippen LogP contribution < -0.4 is 5.32 Å². The van der Waals surface area contributed by atoms with Gasteiger partial charge in [-0.05, 0) is 39.2 Å². The van der Waals surface area contributed by atoms with Crippen molar-refractivity contribution in [2.24, 2.45) is 5.92 Å². The first kappa shape index (κ1) is 15.2. The van der Waals surface area contributed by atoms with E-state index in [2.05, 4.69) is 24.1 Å². The molecule has 0 aromatic heterocycles. The first-order chi connectivity index (χ1) is 8.41. The van der Waals surface area contributed by atoms with Gasteiger partial charge >= 0.3 is 0 Å². The molecule has 0 bridgehead atoms. The first-order valence-electron chi connectivity index (χ1n) is 6.94. The molecule has 1 aliphatic heterocycles. The van der Waals surface area contributed by atoms with E-state index in [9.17, 15) is 9.59 Å². The lowest BCUT2D eigenvalue weighted by Crippen LogP contribution is -2.48. The molecule has 1 fully saturated rings. The smallest absolute Gasteiger partial charge is 0.237 e. The molecule has 0 radical (unpaired) electrons. The Balaban J connectivity index is 2.50. The summed E-state index contributed by atoms with van der Waals surface area (Å²) >= 11 is 0. The van der Waals surface area contributed by atoms with Gasteiger partial charge in [-0.15, -0.1) is 0 Å². The van der Waals surface area contributed by atoms with Crippen LogP contribution in [0.1, 0.15) is 47.0 Å². The third kappa shape index (κ3) is 4.41. The molecule has 104 valence electrons. The van der Waals surface area contributed by atoms with E-state index in [0.29, 0.717) is 18.9 Å². The van der Waals surface area contributed by atoms with E-state index in [0.717, 1.165) is 19.4 Å². The lowest BCUT2D eigenvalue weighted by molar-refractivity contribution is -0.127. The Morgan fingerprint density at radius 2 is 2.00 bits per heavy atom. The quantitative estimate of drug-likeness (QED) is 0.783. The molecule has 4 heteroatoms. The number of amides is 1. The zero-order chi connectivity index (χ0) is 13.7. The predicted octanol–water partition coefficient (Wildman–Crippen LogP) is 1.59. The number of rotatable bonds is 6. The molecule has 1 heterocycles. The highest BCUT2D eigenvalue weighted by molar-refractivity contribution is 5.81. The van der Waals surface area contributed by atoms with Crippen molar-refractivity contribution in [2.45, 2.75) is 59.0 Å². The van der Waals surface area contributed by atoms with Crippen molar-refractivity contribution in [2.75, 3.05) is 13.1 Å². The summed E-state index contributed by atoms with van der Waals surface area (Å²) < 4.78 is 0. The summed E-state index contributed by atoms with van der Waals surface area (Å²) in [6.07, 6.45) is 2.68. The standard InChI is InChI=1S/C14H26N2O2/c1-10(2)9-15-14(18)12(4)16-7-5-6-13(16)8-11(3)17/h10,12-13H,5-9H2,1-4H3,(H,15,18). The van der Waals surface area contributed by atoms with Gasteiger partial charge in [-0.25, -0.2) is 0 Å². The zero-order valence-corrected chi connectivity index (χ0v) is 12.0. The summed E-state index contributed by atoms with van der Waals surface area (Å²) in [7, 11) is 0. The molecule has 0 spiro atoms. The molecule has 4 nitrogen and oxygen atoms in total. The monoisotopic (exact) mass is 254 g/mol. The summed E-state index contributed by atoms with van der Waals surface area (Å²) in [5.41, 5.74) is 0. The van der Waals surface area contributed by atoms with Gasteiger partial charge in [0.25, 0.3) is 0 Å². The van der Waals surface area contributed by atoms with Crippen molar-refractivity contribution >= 4 is 11.7 Å². The topological polar surface area (TPSA) is 49.4 Å². The van der Waals surface area contributed by atoms with Crippen LogP contribution in [-0.2, 0) is 9.59 Å². The predicted molar refractivity (Wildman–Crippen MR) is 72.3 cm³/mol. The van der Waals surface area contributed by atoms with Gasteiger partial charge in [0.05, 0.1) is 6.04 Å². The number of carbonyl (C=O) groups excluding carboxylic acids is 2. The first-order valence-corrected chi connectivity index (χ1v) is 6.94. The van der Waals surface area contributed by atoms with Gasteiger partial charge in [0.2, 0.25) is 5.91 Å². The minimum absolute atomic E-state index is 0.0825. The minimum atomic E-state index is -0.129. The van der Waals surface area contributed by atoms with Crippen molar-refractivity contribution in [3.63, 3.8) is 0 Å². The Hall–Kier alpha value is -0.900. The maximum Gasteiger partial charge on any atom is 0.237 e. The minimum Gasteiger partial charge on any atom is -0.354 e. The van der Waals surface area contributed by atoms with Crippen LogP contribution in [-0.4, -0.2) is 41.8 Å². The maximum atomic E-state index is 12.0. The number of ketones is 1. The number of likely N-dealkylation sites (tertiary alicyclic amines) is 1. The van der Waals surface area contributed by atoms with Crippen LogP contribution in [0.15, 0.2) is 0 Å². The van der Waals surface area contributed by atoms with Crippen molar-refractivity contribution in [1.29, 1.82) is 0 Å². The molecule has 2 atom stereocenters. The van der Waals surface area contributed by atoms with Gasteiger partial charge in [0, 0.05) is 19.0 Å². The van der Waals surface area contributed by atoms with E-state index in [4.69, 9.17) is 0 Å². The van der Waals surface area contributed by atoms with Crippen LogP contribution in [0.3, 0.4) is 0 Å². The van der Waals surface area contributed by atoms with E-state index in [1.54, 1.807) is 6.92 Å². The van der Waals surface area contributed by atoms with Gasteiger partial charge in [-0.1, -0.05) is 13.8 Å². The fourth-order valence-corrected chi connectivity index (χ4v) is 2.52. The molecular formula is C14H26N2O2. The fraction of sp³-hybridized carbons (Fsp3) is 0.857. The third-order valence-electron chi connectivity index (χ3n) is 3.51. The van der Waals surface area contributed by atoms with E-state index in [1.807, 2.05) is 6.92 Å². The number of nitrogens with one attached hydrogen (secondary N) is 1. The summed E-state index contributed by atoms with van der Waals surface area (Å²) in [6.45, 7) is 9.37. The summed E-state index contributed by atoms with van der Waals surface area (Å²) in [5.74, 6) is 0.758. The Bertz CT molecular complexity index is 302. The largest absolute Gasteiger partial charge is 0.354 e. The number of Topliss-reactive ketones (excluding diaryl/α,β-unsaturated/α-hetero) is 1. The van der Waals surface area contributed by atoms with Gasteiger partial charge in [-0.3, -0.25) is 14.5 Å². The van der Waals surface area contributed by atoms with Gasteiger partial charge < -0.3 is 5.32 Å². The molecular weight excluding hydrogens is 228 g/mol. The number of hydrogen-bond donors (Lipinski definition) is 1. The average molecular weight is 254 g/mol. The highest BCUT2D eigenvalue weighted by Crippen LogP contribution is 2.22. The molecule has 0 aliphatic carbocycles. The Kier molecular flexibility index (Phi) is 5.79. The fourth-order valence-electron chi connectivity index (χ4n) is 2.52. The molecule has 18 heavy (non-hydrogen) atoms. The third-order valence-corrected chi connectivity index (χ3v) is 3.51. The summed E-state index contributed by atoms with van der Waals surface area (Å²) in [5, 5.41) is 2.97. The van der Waals surface area contributed by atoms with E-state index in [1.165, 1.54) is 0 Å². The highest BCUT2D eigenvalue weighted by Gasteiger charge is 2.32. The molecule has 2 unspecified atom stereocenters. The SMILES string of the molecule is CC(=O)CC1CCCN1C(C)C(=O)NCC(C)C. The molecule has 0 aromatic carbocycles. The molecule has 1 aliphatic rings. The molecule has 0 aromatic rings. The number of hydrogen-bond acceptors (Lipinski definition) is 3. The second kappa shape index (κ2) is 6.88. The Morgan fingerprint density at radius 1 is 1.33 bits per heavy atom. The Labute approximate surface area is 110 Å². The maximum absolute atomic E-state index is 12.0. The van der Waals surface area contributed by atoms with Crippen LogP contribution >= 0.6 is 0 Å². The second-order valence-electron chi connectivity index (χ2n) is 5.75. The van der Waals surface area contributed by atoms with Gasteiger partial charge in [-0.2, -0.15) is 0 Å². The van der Waals surface area contributed by atoms with Crippen molar-refractivity contribution in [1.82, 2.24) is 10.2 Å².